The molecule has 3 amide bonds. The third-order valence-corrected chi connectivity index (χ3v) is 7.75. The first-order valence-corrected chi connectivity index (χ1v) is 13.7. The molecule has 13 heteroatoms. The van der Waals surface area contributed by atoms with E-state index in [9.17, 15) is 37.0 Å². The Kier molecular flexibility index (Phi) is 8.78. The van der Waals surface area contributed by atoms with E-state index in [-0.39, 0.29) is 21.9 Å². The Bertz CT molecular complexity index is 1740. The maximum absolute atomic E-state index is 14.0. The quantitative estimate of drug-likeness (QED) is 0.397. The Morgan fingerprint density at radius 1 is 0.977 bits per heavy atom. The number of Topliss-reactive ketones (excluding diaryl/α,β-unsaturated/α-hetero) is 1. The van der Waals surface area contributed by atoms with Gasteiger partial charge >= 0.3 is 12.2 Å². The van der Waals surface area contributed by atoms with Crippen LogP contribution in [0.3, 0.4) is 0 Å². The largest absolute Gasteiger partial charge is 0.416 e. The summed E-state index contributed by atoms with van der Waals surface area (Å²) in [7, 11) is -2.08. The van der Waals surface area contributed by atoms with Crippen LogP contribution in [0.1, 0.15) is 42.1 Å². The SMILES string of the molecule is CC(=O)C1=C(C)N(c2cccc(C(F)(F)F)c2)C(=O)N(CC(=O)NS(=O)c2ccc(C#N)cc2)C1c1ccc(C#N)cc1. The van der Waals surface area contributed by atoms with Gasteiger partial charge in [-0.15, -0.1) is 0 Å². The molecule has 218 valence electrons. The van der Waals surface area contributed by atoms with E-state index < -0.39 is 53.0 Å². The van der Waals surface area contributed by atoms with Crippen molar-refractivity contribution in [3.8, 4) is 12.1 Å². The molecule has 2 unspecified atom stereocenters. The van der Waals surface area contributed by atoms with Crippen molar-refractivity contribution in [2.75, 3.05) is 11.4 Å². The number of allylic oxidation sites excluding steroid dienone is 1. The highest BCUT2D eigenvalue weighted by molar-refractivity contribution is 7.83. The minimum Gasteiger partial charge on any atom is -0.303 e. The molecule has 3 aromatic rings. The number of carbonyl (C=O) groups is 3. The van der Waals surface area contributed by atoms with Crippen LogP contribution in [0, 0.1) is 22.7 Å². The lowest BCUT2D eigenvalue weighted by Crippen LogP contribution is -2.53. The normalized spacial score (nSPS) is 15.9. The Morgan fingerprint density at radius 2 is 1.56 bits per heavy atom. The van der Waals surface area contributed by atoms with Gasteiger partial charge in [0.05, 0.1) is 45.5 Å². The molecule has 1 heterocycles. The van der Waals surface area contributed by atoms with Crippen molar-refractivity contribution in [1.29, 1.82) is 10.5 Å². The summed E-state index contributed by atoms with van der Waals surface area (Å²) >= 11 is 0. The van der Waals surface area contributed by atoms with Crippen LogP contribution in [0.4, 0.5) is 23.7 Å². The molecular formula is C30H22F3N5O4S. The molecule has 0 spiro atoms. The lowest BCUT2D eigenvalue weighted by Gasteiger charge is -2.42. The van der Waals surface area contributed by atoms with E-state index in [4.69, 9.17) is 5.26 Å². The van der Waals surface area contributed by atoms with Crippen LogP contribution in [-0.4, -0.2) is 33.4 Å². The van der Waals surface area contributed by atoms with Crippen molar-refractivity contribution < 1.29 is 31.8 Å². The van der Waals surface area contributed by atoms with Gasteiger partial charge in [0.15, 0.2) is 16.8 Å². The first kappa shape index (κ1) is 30.7. The highest BCUT2D eigenvalue weighted by Gasteiger charge is 2.42. The molecule has 1 aliphatic rings. The Labute approximate surface area is 247 Å². The molecular weight excluding hydrogens is 583 g/mol. The zero-order valence-electron chi connectivity index (χ0n) is 22.7. The highest BCUT2D eigenvalue weighted by atomic mass is 32.2. The summed E-state index contributed by atoms with van der Waals surface area (Å²) in [6.07, 6.45) is -4.71. The number of halogens is 3. The van der Waals surface area contributed by atoms with Crippen LogP contribution < -0.4 is 9.62 Å². The molecule has 0 saturated carbocycles. The van der Waals surface area contributed by atoms with Crippen LogP contribution in [0.25, 0.3) is 0 Å². The second-order valence-corrected chi connectivity index (χ2v) is 10.6. The van der Waals surface area contributed by atoms with Crippen molar-refractivity contribution in [2.45, 2.75) is 31.0 Å². The number of carbonyl (C=O) groups excluding carboxylic acids is 3. The molecule has 9 nitrogen and oxygen atoms in total. The summed E-state index contributed by atoms with van der Waals surface area (Å²) in [6.45, 7) is 1.92. The van der Waals surface area contributed by atoms with Gasteiger partial charge in [0, 0.05) is 11.3 Å². The van der Waals surface area contributed by atoms with Gasteiger partial charge < -0.3 is 4.90 Å². The molecule has 0 aromatic heterocycles. The van der Waals surface area contributed by atoms with Gasteiger partial charge in [0.25, 0.3) is 5.91 Å². The first-order valence-electron chi connectivity index (χ1n) is 12.6. The van der Waals surface area contributed by atoms with Crippen LogP contribution in [0.5, 0.6) is 0 Å². The summed E-state index contributed by atoms with van der Waals surface area (Å²) in [5.41, 5.74) is -0.144. The molecule has 0 saturated heterocycles. The molecule has 43 heavy (non-hydrogen) atoms. The van der Waals surface area contributed by atoms with Gasteiger partial charge in [0.2, 0.25) is 0 Å². The van der Waals surface area contributed by atoms with E-state index in [0.29, 0.717) is 16.7 Å². The topological polar surface area (TPSA) is 134 Å². The van der Waals surface area contributed by atoms with E-state index >= 15 is 0 Å². The fourth-order valence-corrected chi connectivity index (χ4v) is 5.45. The number of rotatable bonds is 7. The lowest BCUT2D eigenvalue weighted by atomic mass is 9.90. The third-order valence-electron chi connectivity index (χ3n) is 6.63. The van der Waals surface area contributed by atoms with E-state index in [1.165, 1.54) is 68.4 Å². The molecule has 0 bridgehead atoms. The molecule has 1 N–H and O–H groups in total. The Balaban J connectivity index is 1.79. The van der Waals surface area contributed by atoms with E-state index in [1.807, 2.05) is 12.1 Å². The smallest absolute Gasteiger partial charge is 0.303 e. The number of amides is 3. The van der Waals surface area contributed by atoms with Crippen LogP contribution in [0.15, 0.2) is 89.0 Å². The number of hydrogen-bond acceptors (Lipinski definition) is 6. The summed E-state index contributed by atoms with van der Waals surface area (Å²) in [5.74, 6) is -1.40. The van der Waals surface area contributed by atoms with Crippen molar-refractivity contribution in [3.63, 3.8) is 0 Å². The molecule has 0 aliphatic carbocycles. The van der Waals surface area contributed by atoms with Crippen molar-refractivity contribution in [2.24, 2.45) is 0 Å². The van der Waals surface area contributed by atoms with Crippen LogP contribution in [0.2, 0.25) is 0 Å². The van der Waals surface area contributed by atoms with Crippen molar-refractivity contribution in [1.82, 2.24) is 9.62 Å². The fraction of sp³-hybridized carbons (Fsp3) is 0.167. The predicted molar refractivity (Wildman–Crippen MR) is 149 cm³/mol. The Morgan fingerprint density at radius 3 is 2.09 bits per heavy atom. The number of nitrogens with one attached hydrogen (secondary N) is 1. The number of nitriles is 2. The van der Waals surface area contributed by atoms with Gasteiger partial charge in [-0.25, -0.2) is 9.00 Å². The second kappa shape index (κ2) is 12.3. The predicted octanol–water partition coefficient (Wildman–Crippen LogP) is 5.13. The van der Waals surface area contributed by atoms with Gasteiger partial charge in [-0.05, 0) is 74.0 Å². The Hall–Kier alpha value is -5.27. The van der Waals surface area contributed by atoms with Crippen molar-refractivity contribution >= 4 is 34.4 Å². The molecule has 2 atom stereocenters. The van der Waals surface area contributed by atoms with Gasteiger partial charge in [-0.3, -0.25) is 19.2 Å². The van der Waals surface area contributed by atoms with Crippen LogP contribution in [-0.2, 0) is 26.8 Å². The summed E-state index contributed by atoms with van der Waals surface area (Å²) in [6, 6.07) is 17.3. The van der Waals surface area contributed by atoms with Crippen molar-refractivity contribution in [3.05, 3.63) is 106 Å². The number of hydrogen-bond donors (Lipinski definition) is 1. The van der Waals surface area contributed by atoms with E-state index in [0.717, 1.165) is 28.0 Å². The summed E-state index contributed by atoms with van der Waals surface area (Å²) < 4.78 is 55.7. The number of alkyl halides is 3. The highest BCUT2D eigenvalue weighted by Crippen LogP contribution is 2.41. The standard InChI is InChI=1S/C30H22F3N5O4S/c1-18-27(19(2)39)28(22-10-6-20(15-34)7-11-22)37(17-26(40)36-43(42)25-12-8-21(16-35)9-13-25)29(41)38(18)24-5-3-4-23(14-24)30(31,32)33/h3-14,28H,17H2,1-2H3,(H,36,40). The van der Waals surface area contributed by atoms with E-state index in [2.05, 4.69) is 4.72 Å². The molecule has 3 aromatic carbocycles. The molecule has 1 aliphatic heterocycles. The zero-order valence-corrected chi connectivity index (χ0v) is 23.5. The number of anilines is 1. The average Bonchev–Trinajstić information content (AvgIpc) is 2.98. The summed E-state index contributed by atoms with van der Waals surface area (Å²) in [4.78, 5) is 42.3. The number of nitrogens with zero attached hydrogens (tertiary/aromatic N) is 4. The molecule has 0 radical (unpaired) electrons. The molecule has 0 fully saturated rings. The second-order valence-electron chi connectivity index (χ2n) is 9.42. The minimum absolute atomic E-state index is 0.0303. The monoisotopic (exact) mass is 605 g/mol. The average molecular weight is 606 g/mol. The van der Waals surface area contributed by atoms with Gasteiger partial charge in [0.1, 0.15) is 6.54 Å². The lowest BCUT2D eigenvalue weighted by molar-refractivity contribution is -0.137. The fourth-order valence-electron chi connectivity index (χ4n) is 4.68. The third kappa shape index (κ3) is 6.47. The zero-order chi connectivity index (χ0) is 31.5. The maximum Gasteiger partial charge on any atom is 0.416 e. The molecule has 4 rings (SSSR count). The first-order chi connectivity index (χ1) is 20.3. The van der Waals surface area contributed by atoms with E-state index in [1.54, 1.807) is 0 Å². The van der Waals surface area contributed by atoms with Gasteiger partial charge in [-0.2, -0.15) is 23.7 Å². The number of urea groups is 1. The van der Waals surface area contributed by atoms with Gasteiger partial charge in [-0.1, -0.05) is 18.2 Å². The van der Waals surface area contributed by atoms with Crippen LogP contribution >= 0.6 is 0 Å². The minimum atomic E-state index is -4.71. The maximum atomic E-state index is 14.0. The number of benzene rings is 3. The number of ketones is 1. The summed E-state index contributed by atoms with van der Waals surface area (Å²) in [5, 5.41) is 18.2.